The lowest BCUT2D eigenvalue weighted by Gasteiger charge is -2.06. The van der Waals surface area contributed by atoms with Gasteiger partial charge in [0.1, 0.15) is 5.75 Å². The Morgan fingerprint density at radius 3 is 2.60 bits per heavy atom. The molecule has 0 heterocycles. The van der Waals surface area contributed by atoms with Crippen LogP contribution >= 0.6 is 0 Å². The Morgan fingerprint density at radius 2 is 1.87 bits per heavy atom. The van der Waals surface area contributed by atoms with Gasteiger partial charge in [-0.2, -0.15) is 0 Å². The summed E-state index contributed by atoms with van der Waals surface area (Å²) in [5.41, 5.74) is 6.46. The molecule has 15 heavy (non-hydrogen) atoms. The molecule has 0 amide bonds. The summed E-state index contributed by atoms with van der Waals surface area (Å²) in [5, 5.41) is 5.41. The molecule has 0 aliphatic carbocycles. The summed E-state index contributed by atoms with van der Waals surface area (Å²) in [5.74, 6) is 0.877. The number of fused-ring (bicyclic) bond motifs is 1. The zero-order valence-electron chi connectivity index (χ0n) is 8.66. The molecule has 78 valence electrons. The lowest BCUT2D eigenvalue weighted by Crippen LogP contribution is -2.10. The van der Waals surface area contributed by atoms with Crippen LogP contribution in [-0.2, 0) is 0 Å². The smallest absolute Gasteiger partial charge is 0.119 e. The van der Waals surface area contributed by atoms with Gasteiger partial charge in [0.2, 0.25) is 0 Å². The Morgan fingerprint density at radius 1 is 1.13 bits per heavy atom. The normalized spacial score (nSPS) is 10.3. The van der Waals surface area contributed by atoms with Crippen molar-refractivity contribution in [1.29, 1.82) is 0 Å². The average molecular weight is 202 g/mol. The maximum atomic E-state index is 5.42. The molecule has 0 saturated carbocycles. The predicted octanol–water partition coefficient (Wildman–Crippen LogP) is 2.18. The second-order valence-electron chi connectivity index (χ2n) is 3.31. The third kappa shape index (κ3) is 2.02. The minimum atomic E-state index is 0.446. The molecule has 0 aliphatic rings. The highest BCUT2D eigenvalue weighted by Gasteiger charge is 1.97. The fraction of sp³-hybridized carbons (Fsp3) is 0.167. The maximum Gasteiger partial charge on any atom is 0.119 e. The minimum absolute atomic E-state index is 0.446. The summed E-state index contributed by atoms with van der Waals surface area (Å²) in [4.78, 5) is 0. The highest BCUT2D eigenvalue weighted by molar-refractivity contribution is 5.86. The number of nitrogens with two attached hydrogens (primary N) is 1. The maximum absolute atomic E-state index is 5.42. The number of anilines is 1. The standard InChI is InChI=1S/C12H14N2O/c1-15-12-5-3-9-6-11(14-8-13)4-2-10(9)7-12/h2-7,14H,8,13H2,1H3. The summed E-state index contributed by atoms with van der Waals surface area (Å²) < 4.78 is 5.16. The Kier molecular flexibility index (Phi) is 2.74. The van der Waals surface area contributed by atoms with Crippen LogP contribution in [0.4, 0.5) is 5.69 Å². The van der Waals surface area contributed by atoms with Crippen LogP contribution in [0.1, 0.15) is 0 Å². The second kappa shape index (κ2) is 4.19. The average Bonchev–Trinajstić information content (AvgIpc) is 2.29. The van der Waals surface area contributed by atoms with E-state index in [0.717, 1.165) is 16.8 Å². The van der Waals surface area contributed by atoms with E-state index >= 15 is 0 Å². The van der Waals surface area contributed by atoms with Crippen LogP contribution in [0.15, 0.2) is 36.4 Å². The van der Waals surface area contributed by atoms with E-state index in [9.17, 15) is 0 Å². The molecule has 0 radical (unpaired) electrons. The molecule has 2 aromatic carbocycles. The molecule has 3 nitrogen and oxygen atoms in total. The SMILES string of the molecule is COc1ccc2cc(NCN)ccc2c1. The Hall–Kier alpha value is -1.74. The van der Waals surface area contributed by atoms with Crippen LogP contribution < -0.4 is 15.8 Å². The number of hydrogen-bond donors (Lipinski definition) is 2. The summed E-state index contributed by atoms with van der Waals surface area (Å²) >= 11 is 0. The highest BCUT2D eigenvalue weighted by Crippen LogP contribution is 2.23. The molecule has 0 unspecified atom stereocenters. The summed E-state index contributed by atoms with van der Waals surface area (Å²) in [6.07, 6.45) is 0. The fourth-order valence-electron chi connectivity index (χ4n) is 1.58. The Bertz CT molecular complexity index is 468. The van der Waals surface area contributed by atoms with Crippen molar-refractivity contribution in [3.8, 4) is 5.75 Å². The molecule has 0 aliphatic heterocycles. The van der Waals surface area contributed by atoms with Gasteiger partial charge in [0.05, 0.1) is 13.8 Å². The van der Waals surface area contributed by atoms with Crippen LogP contribution in [0.3, 0.4) is 0 Å². The van der Waals surface area contributed by atoms with E-state index < -0.39 is 0 Å². The van der Waals surface area contributed by atoms with Gasteiger partial charge in [-0.1, -0.05) is 12.1 Å². The van der Waals surface area contributed by atoms with Crippen molar-refractivity contribution in [2.24, 2.45) is 5.73 Å². The first-order chi connectivity index (χ1) is 7.33. The molecular formula is C12H14N2O. The molecule has 0 atom stereocenters. The van der Waals surface area contributed by atoms with Crippen LogP contribution in [0, 0.1) is 0 Å². The van der Waals surface area contributed by atoms with Crippen LogP contribution in [0.5, 0.6) is 5.75 Å². The van der Waals surface area contributed by atoms with Crippen molar-refractivity contribution >= 4 is 16.5 Å². The second-order valence-corrected chi connectivity index (χ2v) is 3.31. The van der Waals surface area contributed by atoms with E-state index in [4.69, 9.17) is 10.5 Å². The highest BCUT2D eigenvalue weighted by atomic mass is 16.5. The Balaban J connectivity index is 2.45. The number of benzene rings is 2. The van der Waals surface area contributed by atoms with Gasteiger partial charge in [-0.05, 0) is 35.0 Å². The van der Waals surface area contributed by atoms with Gasteiger partial charge in [-0.15, -0.1) is 0 Å². The van der Waals surface area contributed by atoms with Crippen molar-refractivity contribution in [3.05, 3.63) is 36.4 Å². The fourth-order valence-corrected chi connectivity index (χ4v) is 1.58. The first-order valence-corrected chi connectivity index (χ1v) is 4.85. The van der Waals surface area contributed by atoms with Gasteiger partial charge in [0, 0.05) is 5.69 Å². The predicted molar refractivity (Wildman–Crippen MR) is 63.2 cm³/mol. The molecular weight excluding hydrogens is 188 g/mol. The molecule has 0 bridgehead atoms. The lowest BCUT2D eigenvalue weighted by molar-refractivity contribution is 0.415. The number of ether oxygens (including phenoxy) is 1. The molecule has 0 spiro atoms. The quantitative estimate of drug-likeness (QED) is 0.750. The lowest BCUT2D eigenvalue weighted by atomic mass is 10.1. The molecule has 2 rings (SSSR count). The van der Waals surface area contributed by atoms with Gasteiger partial charge < -0.3 is 15.8 Å². The van der Waals surface area contributed by atoms with Crippen LogP contribution in [0.2, 0.25) is 0 Å². The third-order valence-corrected chi connectivity index (χ3v) is 2.35. The largest absolute Gasteiger partial charge is 0.497 e. The van der Waals surface area contributed by atoms with Gasteiger partial charge in [-0.3, -0.25) is 0 Å². The van der Waals surface area contributed by atoms with E-state index in [-0.39, 0.29) is 0 Å². The van der Waals surface area contributed by atoms with E-state index in [2.05, 4.69) is 17.4 Å². The molecule has 0 aromatic heterocycles. The first kappa shape index (κ1) is 9.80. The topological polar surface area (TPSA) is 47.3 Å². The van der Waals surface area contributed by atoms with E-state index in [0.29, 0.717) is 6.67 Å². The number of hydrogen-bond acceptors (Lipinski definition) is 3. The van der Waals surface area contributed by atoms with Gasteiger partial charge in [-0.25, -0.2) is 0 Å². The van der Waals surface area contributed by atoms with Crippen molar-refractivity contribution in [1.82, 2.24) is 0 Å². The zero-order chi connectivity index (χ0) is 10.7. The van der Waals surface area contributed by atoms with Crippen molar-refractivity contribution < 1.29 is 4.74 Å². The monoisotopic (exact) mass is 202 g/mol. The number of methoxy groups -OCH3 is 1. The molecule has 0 saturated heterocycles. The summed E-state index contributed by atoms with van der Waals surface area (Å²) in [6.45, 7) is 0.446. The van der Waals surface area contributed by atoms with Gasteiger partial charge in [0.15, 0.2) is 0 Å². The van der Waals surface area contributed by atoms with Gasteiger partial charge in [0.25, 0.3) is 0 Å². The van der Waals surface area contributed by atoms with E-state index in [1.807, 2.05) is 24.3 Å². The first-order valence-electron chi connectivity index (χ1n) is 4.85. The van der Waals surface area contributed by atoms with E-state index in [1.54, 1.807) is 7.11 Å². The number of nitrogens with one attached hydrogen (secondary N) is 1. The van der Waals surface area contributed by atoms with Gasteiger partial charge >= 0.3 is 0 Å². The molecule has 0 fully saturated rings. The van der Waals surface area contributed by atoms with Crippen molar-refractivity contribution in [2.45, 2.75) is 0 Å². The summed E-state index contributed by atoms with van der Waals surface area (Å²) in [7, 11) is 1.67. The molecule has 2 aromatic rings. The minimum Gasteiger partial charge on any atom is -0.497 e. The molecule has 3 N–H and O–H groups in total. The van der Waals surface area contributed by atoms with Crippen molar-refractivity contribution in [2.75, 3.05) is 19.1 Å². The van der Waals surface area contributed by atoms with Crippen molar-refractivity contribution in [3.63, 3.8) is 0 Å². The molecule has 3 heteroatoms. The zero-order valence-corrected chi connectivity index (χ0v) is 8.66. The number of rotatable bonds is 3. The summed E-state index contributed by atoms with van der Waals surface area (Å²) in [6, 6.07) is 12.1. The van der Waals surface area contributed by atoms with Crippen LogP contribution in [0.25, 0.3) is 10.8 Å². The third-order valence-electron chi connectivity index (χ3n) is 2.35. The van der Waals surface area contributed by atoms with E-state index in [1.165, 1.54) is 5.39 Å². The Labute approximate surface area is 88.8 Å². The van der Waals surface area contributed by atoms with Crippen LogP contribution in [-0.4, -0.2) is 13.8 Å².